The first-order valence-electron chi connectivity index (χ1n) is 9.99. The lowest BCUT2D eigenvalue weighted by molar-refractivity contribution is -0.0505. The molecule has 30 heavy (non-hydrogen) atoms. The van der Waals surface area contributed by atoms with E-state index in [0.29, 0.717) is 36.1 Å². The minimum Gasteiger partial charge on any atom is -0.454 e. The molecule has 1 aromatic rings. The molecule has 0 spiro atoms. The van der Waals surface area contributed by atoms with Gasteiger partial charge in [0.1, 0.15) is 5.75 Å². The molecule has 0 aromatic heterocycles. The summed E-state index contributed by atoms with van der Waals surface area (Å²) in [5.41, 5.74) is 0.243. The van der Waals surface area contributed by atoms with Crippen LogP contribution < -0.4 is 24.8 Å². The van der Waals surface area contributed by atoms with Crippen LogP contribution in [0.3, 0.4) is 0 Å². The van der Waals surface area contributed by atoms with Crippen LogP contribution in [-0.4, -0.2) is 43.7 Å². The first-order valence-corrected chi connectivity index (χ1v) is 9.99. The number of fused-ring (bicyclic) bond motifs is 1. The van der Waals surface area contributed by atoms with Gasteiger partial charge in [-0.05, 0) is 25.8 Å². The maximum Gasteiger partial charge on any atom is 0.387 e. The van der Waals surface area contributed by atoms with Crippen molar-refractivity contribution in [1.82, 2.24) is 10.6 Å². The molecule has 0 amide bonds. The summed E-state index contributed by atoms with van der Waals surface area (Å²) in [6.07, 6.45) is 3.52. The lowest BCUT2D eigenvalue weighted by Gasteiger charge is -2.38. The minimum absolute atomic E-state index is 0. The Morgan fingerprint density at radius 2 is 2.03 bits per heavy atom. The molecule has 7 nitrogen and oxygen atoms in total. The van der Waals surface area contributed by atoms with Crippen molar-refractivity contribution in [2.24, 2.45) is 10.4 Å². The summed E-state index contributed by atoms with van der Waals surface area (Å²) >= 11 is 0. The number of hydrogen-bond donors (Lipinski definition) is 3. The molecule has 10 heteroatoms. The van der Waals surface area contributed by atoms with Crippen molar-refractivity contribution in [3.8, 4) is 17.2 Å². The zero-order chi connectivity index (χ0) is 20.9. The van der Waals surface area contributed by atoms with E-state index in [1.807, 2.05) is 6.92 Å². The summed E-state index contributed by atoms with van der Waals surface area (Å²) in [6.45, 7) is 2.44. The van der Waals surface area contributed by atoms with Crippen LogP contribution in [0.2, 0.25) is 0 Å². The Bertz CT molecular complexity index is 738. The van der Waals surface area contributed by atoms with E-state index in [-0.39, 0.29) is 54.6 Å². The van der Waals surface area contributed by atoms with E-state index in [1.54, 1.807) is 6.07 Å². The Morgan fingerprint density at radius 3 is 2.70 bits per heavy atom. The number of aliphatic hydroxyl groups is 1. The van der Waals surface area contributed by atoms with Crippen LogP contribution in [0.25, 0.3) is 0 Å². The van der Waals surface area contributed by atoms with E-state index in [2.05, 4.69) is 27.3 Å². The molecule has 1 aliphatic heterocycles. The number of nitrogens with one attached hydrogen (secondary N) is 2. The molecule has 1 aromatic carbocycles. The Kier molecular flexibility index (Phi) is 9.20. The van der Waals surface area contributed by atoms with Crippen LogP contribution in [0.1, 0.15) is 45.1 Å². The maximum absolute atomic E-state index is 12.8. The standard InChI is InChI=1S/C20H29F2N3O4.HI/c1-3-23-19(25-11-20(2)7-5-4-6-17(20)26)24-10-13-8-15-16(28-12-27-15)9-14(13)29-18(21)22;/h8-9,17-18,26H,3-7,10-12H2,1-2H3,(H2,23,24,25);1H. The van der Waals surface area contributed by atoms with Crippen molar-refractivity contribution in [1.29, 1.82) is 0 Å². The van der Waals surface area contributed by atoms with Crippen LogP contribution in [-0.2, 0) is 6.54 Å². The van der Waals surface area contributed by atoms with E-state index in [0.717, 1.165) is 25.7 Å². The monoisotopic (exact) mass is 541 g/mol. The second-order valence-electron chi connectivity index (χ2n) is 7.66. The van der Waals surface area contributed by atoms with Crippen molar-refractivity contribution < 1.29 is 28.1 Å². The van der Waals surface area contributed by atoms with Gasteiger partial charge in [-0.1, -0.05) is 19.8 Å². The molecule has 0 radical (unpaired) electrons. The third-order valence-electron chi connectivity index (χ3n) is 5.46. The minimum atomic E-state index is -2.95. The average Bonchev–Trinajstić information content (AvgIpc) is 3.13. The number of rotatable bonds is 7. The summed E-state index contributed by atoms with van der Waals surface area (Å²) in [6, 6.07) is 3.01. The Hall–Kier alpha value is -1.56. The molecule has 170 valence electrons. The zero-order valence-electron chi connectivity index (χ0n) is 17.2. The lowest BCUT2D eigenvalue weighted by atomic mass is 9.73. The predicted molar refractivity (Wildman–Crippen MR) is 120 cm³/mol. The first kappa shape index (κ1) is 24.7. The van der Waals surface area contributed by atoms with Gasteiger partial charge < -0.3 is 30.0 Å². The molecule has 1 heterocycles. The quantitative estimate of drug-likeness (QED) is 0.278. The molecule has 3 rings (SSSR count). The van der Waals surface area contributed by atoms with Crippen LogP contribution in [0.4, 0.5) is 8.78 Å². The maximum atomic E-state index is 12.8. The Balaban J connectivity index is 0.00000320. The van der Waals surface area contributed by atoms with Gasteiger partial charge in [0.05, 0.1) is 12.6 Å². The van der Waals surface area contributed by atoms with Crippen LogP contribution in [0, 0.1) is 5.41 Å². The summed E-state index contributed by atoms with van der Waals surface area (Å²) in [5, 5.41) is 16.8. The normalized spacial score (nSPS) is 23.1. The van der Waals surface area contributed by atoms with Crippen molar-refractivity contribution in [3.63, 3.8) is 0 Å². The fourth-order valence-electron chi connectivity index (χ4n) is 3.67. The SMILES string of the molecule is CCNC(=NCc1cc2c(cc1OC(F)F)OCO2)NCC1(C)CCCCC1O.I. The van der Waals surface area contributed by atoms with Gasteiger partial charge in [-0.2, -0.15) is 8.78 Å². The topological polar surface area (TPSA) is 84.3 Å². The number of aliphatic hydroxyl groups excluding tert-OH is 1. The lowest BCUT2D eigenvalue weighted by Crippen LogP contribution is -2.48. The fraction of sp³-hybridized carbons (Fsp3) is 0.650. The summed E-state index contributed by atoms with van der Waals surface area (Å²) < 4.78 is 40.8. The highest BCUT2D eigenvalue weighted by Crippen LogP contribution is 2.39. The van der Waals surface area contributed by atoms with Gasteiger partial charge >= 0.3 is 6.61 Å². The van der Waals surface area contributed by atoms with Crippen molar-refractivity contribution in [3.05, 3.63) is 17.7 Å². The molecule has 1 fully saturated rings. The highest BCUT2D eigenvalue weighted by atomic mass is 127. The van der Waals surface area contributed by atoms with Gasteiger partial charge in [0.15, 0.2) is 17.5 Å². The van der Waals surface area contributed by atoms with Gasteiger partial charge in [-0.15, -0.1) is 24.0 Å². The molecule has 1 aliphatic carbocycles. The molecule has 2 aliphatic rings. The third-order valence-corrected chi connectivity index (χ3v) is 5.46. The van der Waals surface area contributed by atoms with E-state index >= 15 is 0 Å². The van der Waals surface area contributed by atoms with E-state index < -0.39 is 6.61 Å². The first-order chi connectivity index (χ1) is 13.9. The fourth-order valence-corrected chi connectivity index (χ4v) is 3.67. The zero-order valence-corrected chi connectivity index (χ0v) is 19.6. The predicted octanol–water partition coefficient (Wildman–Crippen LogP) is 3.63. The van der Waals surface area contributed by atoms with Gasteiger partial charge in [-0.25, -0.2) is 4.99 Å². The average molecular weight is 541 g/mol. The molecular weight excluding hydrogens is 511 g/mol. The van der Waals surface area contributed by atoms with Gasteiger partial charge in [-0.3, -0.25) is 0 Å². The number of benzene rings is 1. The van der Waals surface area contributed by atoms with E-state index in [4.69, 9.17) is 9.47 Å². The number of alkyl halides is 2. The number of ether oxygens (including phenoxy) is 3. The number of aliphatic imine (C=N–C) groups is 1. The molecule has 2 atom stereocenters. The van der Waals surface area contributed by atoms with Gasteiger partial charge in [0.25, 0.3) is 0 Å². The highest BCUT2D eigenvalue weighted by Gasteiger charge is 2.35. The molecule has 1 saturated carbocycles. The number of hydrogen-bond acceptors (Lipinski definition) is 5. The molecule has 3 N–H and O–H groups in total. The van der Waals surface area contributed by atoms with E-state index in [1.165, 1.54) is 6.07 Å². The molecule has 0 bridgehead atoms. The summed E-state index contributed by atoms with van der Waals surface area (Å²) in [5.74, 6) is 1.41. The van der Waals surface area contributed by atoms with Gasteiger partial charge in [0, 0.05) is 30.1 Å². The van der Waals surface area contributed by atoms with Crippen molar-refractivity contribution in [2.45, 2.75) is 58.8 Å². The summed E-state index contributed by atoms with van der Waals surface area (Å²) in [4.78, 5) is 4.51. The number of guanidine groups is 1. The van der Waals surface area contributed by atoms with Crippen LogP contribution in [0.5, 0.6) is 17.2 Å². The second kappa shape index (κ2) is 11.2. The van der Waals surface area contributed by atoms with Crippen LogP contribution >= 0.6 is 24.0 Å². The number of nitrogens with zero attached hydrogens (tertiary/aromatic N) is 1. The smallest absolute Gasteiger partial charge is 0.387 e. The molecule has 0 saturated heterocycles. The van der Waals surface area contributed by atoms with E-state index in [9.17, 15) is 13.9 Å². The highest BCUT2D eigenvalue weighted by molar-refractivity contribution is 14.0. The number of halogens is 3. The Labute approximate surface area is 192 Å². The van der Waals surface area contributed by atoms with Crippen LogP contribution in [0.15, 0.2) is 17.1 Å². The van der Waals surface area contributed by atoms with Crippen molar-refractivity contribution >= 4 is 29.9 Å². The van der Waals surface area contributed by atoms with Crippen molar-refractivity contribution in [2.75, 3.05) is 19.9 Å². The molecular formula is C20H30F2IN3O4. The second-order valence-corrected chi connectivity index (χ2v) is 7.66. The van der Waals surface area contributed by atoms with Gasteiger partial charge in [0.2, 0.25) is 6.79 Å². The molecule has 2 unspecified atom stereocenters. The third kappa shape index (κ3) is 6.22. The summed E-state index contributed by atoms with van der Waals surface area (Å²) in [7, 11) is 0. The largest absolute Gasteiger partial charge is 0.454 e. The Morgan fingerprint density at radius 1 is 1.30 bits per heavy atom.